The molecule has 0 saturated carbocycles. The van der Waals surface area contributed by atoms with Crippen molar-refractivity contribution in [2.75, 3.05) is 0 Å². The van der Waals surface area contributed by atoms with Crippen molar-refractivity contribution >= 4 is 28.3 Å². The van der Waals surface area contributed by atoms with Crippen molar-refractivity contribution in [3.8, 4) is 11.3 Å². The minimum atomic E-state index is -0.294. The molecule has 5 aromatic rings. The zero-order chi connectivity index (χ0) is 18.2. The number of rotatable bonds is 3. The Kier molecular flexibility index (Phi) is 3.79. The van der Waals surface area contributed by atoms with E-state index in [1.807, 2.05) is 42.5 Å². The number of pyridine rings is 1. The van der Waals surface area contributed by atoms with Gasteiger partial charge in [0, 0.05) is 22.0 Å². The molecule has 0 fully saturated rings. The predicted molar refractivity (Wildman–Crippen MR) is 102 cm³/mol. The zero-order valence-electron chi connectivity index (χ0n) is 14.0. The van der Waals surface area contributed by atoms with E-state index in [9.17, 15) is 4.39 Å². The summed E-state index contributed by atoms with van der Waals surface area (Å²) in [6, 6.07) is 20.0. The molecule has 7 heteroatoms. The maximum atomic E-state index is 13.5. The van der Waals surface area contributed by atoms with Gasteiger partial charge >= 0.3 is 0 Å². The highest BCUT2D eigenvalue weighted by atomic mass is 32.2. The van der Waals surface area contributed by atoms with Crippen molar-refractivity contribution < 1.29 is 4.39 Å². The number of hydrogen-bond acceptors (Lipinski definition) is 5. The number of aromatic nitrogens is 5. The third-order valence-electron chi connectivity index (χ3n) is 4.14. The molecule has 5 rings (SSSR count). The van der Waals surface area contributed by atoms with Crippen LogP contribution in [0.3, 0.4) is 0 Å². The number of hydrogen-bond donors (Lipinski definition) is 0. The van der Waals surface area contributed by atoms with Crippen molar-refractivity contribution in [2.45, 2.75) is 10.1 Å². The molecule has 0 amide bonds. The first-order chi connectivity index (χ1) is 13.3. The third-order valence-corrected chi connectivity index (χ3v) is 5.06. The Labute approximate surface area is 157 Å². The van der Waals surface area contributed by atoms with Gasteiger partial charge in [0.1, 0.15) is 5.82 Å². The first-order valence-corrected chi connectivity index (χ1v) is 9.09. The number of fused-ring (bicyclic) bond motifs is 2. The lowest BCUT2D eigenvalue weighted by atomic mass is 10.1. The van der Waals surface area contributed by atoms with Crippen LogP contribution in [0.1, 0.15) is 0 Å². The van der Waals surface area contributed by atoms with E-state index in [2.05, 4.69) is 26.3 Å². The van der Waals surface area contributed by atoms with Gasteiger partial charge in [-0.25, -0.2) is 4.39 Å². The number of benzene rings is 2. The molecule has 0 spiro atoms. The van der Waals surface area contributed by atoms with Crippen molar-refractivity contribution in [1.29, 1.82) is 0 Å². The van der Waals surface area contributed by atoms with Crippen molar-refractivity contribution in [1.82, 2.24) is 24.8 Å². The molecule has 0 bridgehead atoms. The molecule has 27 heavy (non-hydrogen) atoms. The summed E-state index contributed by atoms with van der Waals surface area (Å²) in [5, 5.41) is 14.7. The molecule has 0 radical (unpaired) electrons. The Bertz CT molecular complexity index is 1280. The van der Waals surface area contributed by atoms with Gasteiger partial charge in [0.15, 0.2) is 5.65 Å². The Morgan fingerprint density at radius 2 is 1.85 bits per heavy atom. The van der Waals surface area contributed by atoms with Gasteiger partial charge < -0.3 is 0 Å². The molecule has 5 nitrogen and oxygen atoms in total. The van der Waals surface area contributed by atoms with E-state index >= 15 is 0 Å². The van der Waals surface area contributed by atoms with Crippen LogP contribution >= 0.6 is 11.8 Å². The van der Waals surface area contributed by atoms with Crippen LogP contribution in [-0.2, 0) is 0 Å². The van der Waals surface area contributed by atoms with Crippen LogP contribution < -0.4 is 0 Å². The third kappa shape index (κ3) is 3.02. The van der Waals surface area contributed by atoms with Crippen LogP contribution in [0, 0.1) is 5.82 Å². The summed E-state index contributed by atoms with van der Waals surface area (Å²) < 4.78 is 15.2. The molecule has 0 saturated heterocycles. The summed E-state index contributed by atoms with van der Waals surface area (Å²) in [4.78, 5) is 5.35. The van der Waals surface area contributed by atoms with E-state index in [0.717, 1.165) is 15.8 Å². The lowest BCUT2D eigenvalue weighted by Gasteiger charge is -2.04. The van der Waals surface area contributed by atoms with Crippen molar-refractivity contribution in [3.63, 3.8) is 0 Å². The zero-order valence-corrected chi connectivity index (χ0v) is 14.8. The molecule has 0 N–H and O–H groups in total. The quantitative estimate of drug-likeness (QED) is 0.461. The fourth-order valence-electron chi connectivity index (χ4n) is 2.86. The second-order valence-corrected chi connectivity index (χ2v) is 6.98. The predicted octanol–water partition coefficient (Wildman–Crippen LogP) is 4.63. The molecular formula is C20H12FN5S. The largest absolute Gasteiger partial charge is 0.256 e. The van der Waals surface area contributed by atoms with Crippen LogP contribution in [0.15, 0.2) is 83.0 Å². The lowest BCUT2D eigenvalue weighted by molar-refractivity contribution is 0.628. The lowest BCUT2D eigenvalue weighted by Crippen LogP contribution is -1.96. The van der Waals surface area contributed by atoms with E-state index in [-0.39, 0.29) is 5.82 Å². The van der Waals surface area contributed by atoms with E-state index in [1.54, 1.807) is 16.8 Å². The van der Waals surface area contributed by atoms with Gasteiger partial charge in [-0.05, 0) is 60.3 Å². The number of halogens is 1. The van der Waals surface area contributed by atoms with Crippen molar-refractivity contribution in [3.05, 3.63) is 78.7 Å². The minimum Gasteiger partial charge on any atom is -0.256 e. The molecule has 3 aromatic heterocycles. The Balaban J connectivity index is 1.55. The SMILES string of the molecule is Fc1cccc(-c2ccc3nnc(Sc4ccc5ncccc5c4)n3n2)c1. The molecule has 3 heterocycles. The van der Waals surface area contributed by atoms with E-state index < -0.39 is 0 Å². The Morgan fingerprint density at radius 3 is 2.78 bits per heavy atom. The molecule has 0 aliphatic rings. The molecule has 0 unspecified atom stereocenters. The summed E-state index contributed by atoms with van der Waals surface area (Å²) in [7, 11) is 0. The maximum absolute atomic E-state index is 13.5. The van der Waals surface area contributed by atoms with E-state index in [1.165, 1.54) is 23.9 Å². The van der Waals surface area contributed by atoms with E-state index in [4.69, 9.17) is 0 Å². The molecule has 0 aliphatic heterocycles. The Hall–Kier alpha value is -3.32. The van der Waals surface area contributed by atoms with E-state index in [0.29, 0.717) is 22.1 Å². The standard InChI is InChI=1S/C20H12FN5S/c21-15-5-1-3-13(11-15)18-8-9-19-23-24-20(26(19)25-18)27-16-6-7-17-14(12-16)4-2-10-22-17/h1-12H. The van der Waals surface area contributed by atoms with Crippen molar-refractivity contribution in [2.24, 2.45) is 0 Å². The van der Waals surface area contributed by atoms with Gasteiger partial charge in [-0.2, -0.15) is 9.61 Å². The molecule has 2 aromatic carbocycles. The average molecular weight is 373 g/mol. The number of nitrogens with zero attached hydrogens (tertiary/aromatic N) is 5. The van der Waals surface area contributed by atoms with Gasteiger partial charge in [0.25, 0.3) is 0 Å². The summed E-state index contributed by atoms with van der Waals surface area (Å²) >= 11 is 1.47. The van der Waals surface area contributed by atoms with Gasteiger partial charge in [0.05, 0.1) is 11.2 Å². The Morgan fingerprint density at radius 1 is 0.889 bits per heavy atom. The highest BCUT2D eigenvalue weighted by Gasteiger charge is 2.11. The van der Waals surface area contributed by atoms with Gasteiger partial charge in [-0.15, -0.1) is 10.2 Å². The maximum Gasteiger partial charge on any atom is 0.217 e. The van der Waals surface area contributed by atoms with Crippen LogP contribution in [0.2, 0.25) is 0 Å². The van der Waals surface area contributed by atoms with Gasteiger partial charge in [0.2, 0.25) is 5.16 Å². The summed E-state index contributed by atoms with van der Waals surface area (Å²) in [6.07, 6.45) is 1.78. The monoisotopic (exact) mass is 373 g/mol. The minimum absolute atomic E-state index is 0.294. The van der Waals surface area contributed by atoms with Crippen LogP contribution in [0.5, 0.6) is 0 Å². The smallest absolute Gasteiger partial charge is 0.217 e. The summed E-state index contributed by atoms with van der Waals surface area (Å²) in [5.74, 6) is -0.294. The average Bonchev–Trinajstić information content (AvgIpc) is 3.10. The molecule has 0 atom stereocenters. The molecule has 0 aliphatic carbocycles. The first kappa shape index (κ1) is 15.9. The fraction of sp³-hybridized carbons (Fsp3) is 0. The highest BCUT2D eigenvalue weighted by Crippen LogP contribution is 2.29. The second kappa shape index (κ2) is 6.44. The topological polar surface area (TPSA) is 56.0 Å². The second-order valence-electron chi connectivity index (χ2n) is 5.94. The molecule has 130 valence electrons. The molecular weight excluding hydrogens is 361 g/mol. The fourth-order valence-corrected chi connectivity index (χ4v) is 3.69. The van der Waals surface area contributed by atoms with Gasteiger partial charge in [-0.1, -0.05) is 18.2 Å². The van der Waals surface area contributed by atoms with Crippen LogP contribution in [-0.4, -0.2) is 24.8 Å². The first-order valence-electron chi connectivity index (χ1n) is 8.27. The van der Waals surface area contributed by atoms with Gasteiger partial charge in [-0.3, -0.25) is 4.98 Å². The highest BCUT2D eigenvalue weighted by molar-refractivity contribution is 7.99. The summed E-state index contributed by atoms with van der Waals surface area (Å²) in [6.45, 7) is 0. The van der Waals surface area contributed by atoms with Crippen LogP contribution in [0.25, 0.3) is 27.8 Å². The van der Waals surface area contributed by atoms with Crippen LogP contribution in [0.4, 0.5) is 4.39 Å². The normalized spacial score (nSPS) is 11.3. The summed E-state index contributed by atoms with van der Waals surface area (Å²) in [5.41, 5.74) is 2.95.